The van der Waals surface area contributed by atoms with Crippen LogP contribution in [0.4, 0.5) is 5.82 Å². The summed E-state index contributed by atoms with van der Waals surface area (Å²) in [4.78, 5) is 11.5. The van der Waals surface area contributed by atoms with Crippen LogP contribution >= 0.6 is 11.3 Å². The van der Waals surface area contributed by atoms with Crippen LogP contribution in [0.5, 0.6) is 0 Å². The van der Waals surface area contributed by atoms with Crippen molar-refractivity contribution in [2.75, 3.05) is 5.32 Å². The predicted octanol–water partition coefficient (Wildman–Crippen LogP) is 2.73. The Labute approximate surface area is 104 Å². The maximum atomic E-state index is 11.5. The molecule has 0 unspecified atom stereocenters. The highest BCUT2D eigenvalue weighted by Gasteiger charge is 2.06. The van der Waals surface area contributed by atoms with Crippen molar-refractivity contribution in [3.63, 3.8) is 0 Å². The Morgan fingerprint density at radius 3 is 3.12 bits per heavy atom. The summed E-state index contributed by atoms with van der Waals surface area (Å²) < 4.78 is 1.80. The zero-order chi connectivity index (χ0) is 12.1. The number of carbonyl (C=O) groups is 1. The van der Waals surface area contributed by atoms with Gasteiger partial charge in [0.15, 0.2) is 0 Å². The topological polar surface area (TPSA) is 46.9 Å². The molecule has 2 aromatic rings. The van der Waals surface area contributed by atoms with Crippen molar-refractivity contribution >= 4 is 23.1 Å². The molecule has 2 heterocycles. The van der Waals surface area contributed by atoms with E-state index >= 15 is 0 Å². The summed E-state index contributed by atoms with van der Waals surface area (Å²) in [6.45, 7) is 2.68. The van der Waals surface area contributed by atoms with Crippen LogP contribution in [-0.4, -0.2) is 15.7 Å². The van der Waals surface area contributed by atoms with Gasteiger partial charge in [0.1, 0.15) is 5.82 Å². The van der Waals surface area contributed by atoms with E-state index in [0.29, 0.717) is 13.0 Å². The summed E-state index contributed by atoms with van der Waals surface area (Å²) in [5, 5.41) is 11.2. The van der Waals surface area contributed by atoms with Crippen molar-refractivity contribution < 1.29 is 4.79 Å². The molecule has 17 heavy (non-hydrogen) atoms. The Hall–Kier alpha value is -1.62. The molecule has 5 heteroatoms. The highest BCUT2D eigenvalue weighted by atomic mass is 32.1. The average molecular weight is 249 g/mol. The molecule has 0 bridgehead atoms. The Balaban J connectivity index is 2.04. The van der Waals surface area contributed by atoms with E-state index < -0.39 is 0 Å². The van der Waals surface area contributed by atoms with Crippen LogP contribution < -0.4 is 5.32 Å². The standard InChI is InChI=1S/C12H15N3OS/c1-2-3-12(16)14-11-4-6-13-15(11)8-10-5-7-17-9-10/h4-7,9H,2-3,8H2,1H3,(H,14,16). The van der Waals surface area contributed by atoms with Gasteiger partial charge < -0.3 is 5.32 Å². The third-order valence-corrected chi connectivity index (χ3v) is 3.11. The molecule has 2 aromatic heterocycles. The van der Waals surface area contributed by atoms with Gasteiger partial charge in [-0.2, -0.15) is 16.4 Å². The minimum absolute atomic E-state index is 0.0413. The van der Waals surface area contributed by atoms with Crippen molar-refractivity contribution in [2.45, 2.75) is 26.3 Å². The van der Waals surface area contributed by atoms with Crippen LogP contribution in [0.1, 0.15) is 25.3 Å². The Morgan fingerprint density at radius 2 is 2.41 bits per heavy atom. The summed E-state index contributed by atoms with van der Waals surface area (Å²) in [7, 11) is 0. The van der Waals surface area contributed by atoms with Gasteiger partial charge in [-0.3, -0.25) is 4.79 Å². The molecule has 0 spiro atoms. The highest BCUT2D eigenvalue weighted by Crippen LogP contribution is 2.12. The van der Waals surface area contributed by atoms with E-state index in [2.05, 4.69) is 21.9 Å². The summed E-state index contributed by atoms with van der Waals surface area (Å²) in [6.07, 6.45) is 3.10. The van der Waals surface area contributed by atoms with Crippen LogP contribution in [0.25, 0.3) is 0 Å². The van der Waals surface area contributed by atoms with E-state index in [9.17, 15) is 4.79 Å². The fourth-order valence-corrected chi connectivity index (χ4v) is 2.21. The molecule has 0 aliphatic carbocycles. The molecule has 0 saturated carbocycles. The zero-order valence-electron chi connectivity index (χ0n) is 9.72. The second kappa shape index (κ2) is 5.63. The van der Waals surface area contributed by atoms with Gasteiger partial charge in [0.25, 0.3) is 0 Å². The first kappa shape index (κ1) is 11.9. The fraction of sp³-hybridized carbons (Fsp3) is 0.333. The van der Waals surface area contributed by atoms with Gasteiger partial charge in [0.05, 0.1) is 12.7 Å². The molecule has 0 aliphatic rings. The van der Waals surface area contributed by atoms with E-state index in [-0.39, 0.29) is 5.91 Å². The molecular formula is C12H15N3OS. The predicted molar refractivity (Wildman–Crippen MR) is 69.2 cm³/mol. The number of hydrogen-bond acceptors (Lipinski definition) is 3. The minimum Gasteiger partial charge on any atom is -0.311 e. The first-order valence-corrected chi connectivity index (χ1v) is 6.56. The second-order valence-electron chi connectivity index (χ2n) is 3.80. The van der Waals surface area contributed by atoms with Gasteiger partial charge >= 0.3 is 0 Å². The Bertz CT molecular complexity index is 476. The first-order valence-electron chi connectivity index (χ1n) is 5.62. The molecule has 0 atom stereocenters. The number of hydrogen-bond donors (Lipinski definition) is 1. The maximum Gasteiger partial charge on any atom is 0.225 e. The third-order valence-electron chi connectivity index (χ3n) is 2.37. The number of anilines is 1. The van der Waals surface area contributed by atoms with Gasteiger partial charge in [-0.25, -0.2) is 4.68 Å². The van der Waals surface area contributed by atoms with Gasteiger partial charge in [0, 0.05) is 12.5 Å². The number of nitrogens with one attached hydrogen (secondary N) is 1. The fourth-order valence-electron chi connectivity index (χ4n) is 1.55. The average Bonchev–Trinajstić information content (AvgIpc) is 2.92. The van der Waals surface area contributed by atoms with Gasteiger partial charge in [-0.1, -0.05) is 6.92 Å². The number of rotatable bonds is 5. The smallest absolute Gasteiger partial charge is 0.225 e. The highest BCUT2D eigenvalue weighted by molar-refractivity contribution is 7.07. The number of carbonyl (C=O) groups excluding carboxylic acids is 1. The van der Waals surface area contributed by atoms with Crippen LogP contribution in [0.3, 0.4) is 0 Å². The lowest BCUT2D eigenvalue weighted by Crippen LogP contribution is -2.15. The van der Waals surface area contributed by atoms with Crippen LogP contribution in [0.15, 0.2) is 29.1 Å². The van der Waals surface area contributed by atoms with E-state index in [1.165, 1.54) is 5.56 Å². The van der Waals surface area contributed by atoms with Crippen molar-refractivity contribution in [3.8, 4) is 0 Å². The molecule has 0 fully saturated rings. The van der Waals surface area contributed by atoms with Gasteiger partial charge in [-0.15, -0.1) is 0 Å². The minimum atomic E-state index is 0.0413. The zero-order valence-corrected chi connectivity index (χ0v) is 10.5. The number of aromatic nitrogens is 2. The molecule has 90 valence electrons. The summed E-state index contributed by atoms with van der Waals surface area (Å²) >= 11 is 1.66. The summed E-state index contributed by atoms with van der Waals surface area (Å²) in [5.74, 6) is 0.800. The van der Waals surface area contributed by atoms with Crippen molar-refractivity contribution in [3.05, 3.63) is 34.7 Å². The van der Waals surface area contributed by atoms with Crippen LogP contribution in [-0.2, 0) is 11.3 Å². The molecule has 1 amide bonds. The summed E-state index contributed by atoms with van der Waals surface area (Å²) in [6, 6.07) is 3.88. The number of nitrogens with zero attached hydrogens (tertiary/aromatic N) is 2. The van der Waals surface area contributed by atoms with E-state index in [0.717, 1.165) is 12.2 Å². The van der Waals surface area contributed by atoms with Gasteiger partial charge in [-0.05, 0) is 28.8 Å². The second-order valence-corrected chi connectivity index (χ2v) is 4.58. The van der Waals surface area contributed by atoms with Crippen molar-refractivity contribution in [1.29, 1.82) is 0 Å². The third kappa shape index (κ3) is 3.17. The Morgan fingerprint density at radius 1 is 1.53 bits per heavy atom. The van der Waals surface area contributed by atoms with Crippen LogP contribution in [0.2, 0.25) is 0 Å². The van der Waals surface area contributed by atoms with Crippen molar-refractivity contribution in [1.82, 2.24) is 9.78 Å². The molecular weight excluding hydrogens is 234 g/mol. The molecule has 2 rings (SSSR count). The molecule has 0 aliphatic heterocycles. The molecule has 0 saturated heterocycles. The SMILES string of the molecule is CCCC(=O)Nc1ccnn1Cc1ccsc1. The van der Waals surface area contributed by atoms with Crippen molar-refractivity contribution in [2.24, 2.45) is 0 Å². The largest absolute Gasteiger partial charge is 0.311 e. The molecule has 0 aromatic carbocycles. The first-order chi connectivity index (χ1) is 8.29. The normalized spacial score (nSPS) is 10.4. The number of thiophene rings is 1. The molecule has 1 N–H and O–H groups in total. The summed E-state index contributed by atoms with van der Waals surface area (Å²) in [5.41, 5.74) is 1.20. The lowest BCUT2D eigenvalue weighted by Gasteiger charge is -2.07. The molecule has 0 radical (unpaired) electrons. The van der Waals surface area contributed by atoms with Crippen LogP contribution in [0, 0.1) is 0 Å². The van der Waals surface area contributed by atoms with E-state index in [1.54, 1.807) is 22.2 Å². The Kier molecular flexibility index (Phi) is 3.93. The monoisotopic (exact) mass is 249 g/mol. The molecule has 4 nitrogen and oxygen atoms in total. The quantitative estimate of drug-likeness (QED) is 0.885. The van der Waals surface area contributed by atoms with Gasteiger partial charge in [0.2, 0.25) is 5.91 Å². The number of amides is 1. The van der Waals surface area contributed by atoms with E-state index in [4.69, 9.17) is 0 Å². The lowest BCUT2D eigenvalue weighted by atomic mass is 10.3. The maximum absolute atomic E-state index is 11.5. The van der Waals surface area contributed by atoms with E-state index in [1.807, 2.05) is 18.4 Å². The lowest BCUT2D eigenvalue weighted by molar-refractivity contribution is -0.116.